The zero-order chi connectivity index (χ0) is 19.3. The molecule has 4 rings (SSSR count). The Morgan fingerprint density at radius 3 is 2.71 bits per heavy atom. The van der Waals surface area contributed by atoms with Crippen molar-refractivity contribution in [3.05, 3.63) is 77.1 Å². The average molecular weight is 394 g/mol. The quantitative estimate of drug-likeness (QED) is 0.657. The van der Waals surface area contributed by atoms with Gasteiger partial charge in [-0.05, 0) is 42.5 Å². The molecule has 2 aromatic carbocycles. The van der Waals surface area contributed by atoms with Crippen molar-refractivity contribution in [2.75, 3.05) is 13.1 Å². The van der Waals surface area contributed by atoms with Gasteiger partial charge >= 0.3 is 0 Å². The van der Waals surface area contributed by atoms with Crippen LogP contribution in [0.15, 0.2) is 60.8 Å². The number of hydrogen-bond acceptors (Lipinski definition) is 2. The molecule has 28 heavy (non-hydrogen) atoms. The molecule has 1 N–H and O–H groups in total. The van der Waals surface area contributed by atoms with Gasteiger partial charge in [0.25, 0.3) is 0 Å². The van der Waals surface area contributed by atoms with Gasteiger partial charge in [0, 0.05) is 41.7 Å². The van der Waals surface area contributed by atoms with Crippen LogP contribution in [0.4, 0.5) is 0 Å². The maximum absolute atomic E-state index is 12.8. The minimum atomic E-state index is 0.223. The maximum Gasteiger partial charge on any atom is 0.222 e. The van der Waals surface area contributed by atoms with Gasteiger partial charge in [-0.2, -0.15) is 5.10 Å². The Morgan fingerprint density at radius 2 is 1.93 bits per heavy atom. The normalized spacial score (nSPS) is 16.9. The van der Waals surface area contributed by atoms with Gasteiger partial charge in [0.2, 0.25) is 5.91 Å². The molecule has 1 unspecified atom stereocenters. The number of H-pyrrole nitrogens is 1. The molecule has 1 atom stereocenters. The first-order valence-corrected chi connectivity index (χ1v) is 10.2. The second-order valence-corrected chi connectivity index (χ2v) is 7.81. The standard InChI is InChI=1S/C23H24ClN3O/c24-20-11-8-17(9-12-20)10-13-22(28)27-14-4-7-19(16-27)23-21(15-25-26-23)18-5-2-1-3-6-18/h1-3,5-6,8-9,11-12,15,19H,4,7,10,13-14,16H2,(H,25,26). The zero-order valence-electron chi connectivity index (χ0n) is 15.8. The number of rotatable bonds is 5. The third-order valence-corrected chi connectivity index (χ3v) is 5.73. The van der Waals surface area contributed by atoms with Crippen molar-refractivity contribution in [2.45, 2.75) is 31.6 Å². The second kappa shape index (κ2) is 8.61. The Bertz CT molecular complexity index is 921. The SMILES string of the molecule is O=C(CCc1ccc(Cl)cc1)N1CCCC(c2[nH]ncc2-c2ccccc2)C1. The Kier molecular flexibility index (Phi) is 5.77. The monoisotopic (exact) mass is 393 g/mol. The van der Waals surface area contributed by atoms with Gasteiger partial charge in [0.05, 0.1) is 6.20 Å². The fourth-order valence-corrected chi connectivity index (χ4v) is 4.08. The summed E-state index contributed by atoms with van der Waals surface area (Å²) in [4.78, 5) is 14.8. The highest BCUT2D eigenvalue weighted by Gasteiger charge is 2.27. The summed E-state index contributed by atoms with van der Waals surface area (Å²) in [5, 5.41) is 8.21. The van der Waals surface area contributed by atoms with E-state index in [9.17, 15) is 4.79 Å². The lowest BCUT2D eigenvalue weighted by Gasteiger charge is -2.33. The van der Waals surface area contributed by atoms with E-state index in [1.54, 1.807) is 0 Å². The number of aryl methyl sites for hydroxylation is 1. The van der Waals surface area contributed by atoms with E-state index in [-0.39, 0.29) is 5.91 Å². The molecule has 144 valence electrons. The number of carbonyl (C=O) groups excluding carboxylic acids is 1. The van der Waals surface area contributed by atoms with E-state index in [4.69, 9.17) is 11.6 Å². The number of halogens is 1. The summed E-state index contributed by atoms with van der Waals surface area (Å²) in [7, 11) is 0. The Balaban J connectivity index is 1.41. The third kappa shape index (κ3) is 4.28. The molecule has 0 radical (unpaired) electrons. The van der Waals surface area contributed by atoms with E-state index >= 15 is 0 Å². The Labute approximate surface area is 170 Å². The van der Waals surface area contributed by atoms with Crippen molar-refractivity contribution >= 4 is 17.5 Å². The molecule has 2 heterocycles. The number of carbonyl (C=O) groups is 1. The number of benzene rings is 2. The summed E-state index contributed by atoms with van der Waals surface area (Å²) in [6, 6.07) is 18.0. The van der Waals surface area contributed by atoms with Crippen molar-refractivity contribution in [2.24, 2.45) is 0 Å². The van der Waals surface area contributed by atoms with Crippen molar-refractivity contribution in [3.63, 3.8) is 0 Å². The number of aromatic nitrogens is 2. The highest BCUT2D eigenvalue weighted by molar-refractivity contribution is 6.30. The van der Waals surface area contributed by atoms with Crippen LogP contribution in [0.3, 0.4) is 0 Å². The predicted molar refractivity (Wildman–Crippen MR) is 112 cm³/mol. The van der Waals surface area contributed by atoms with Crippen LogP contribution in [0.25, 0.3) is 11.1 Å². The van der Waals surface area contributed by atoms with Gasteiger partial charge in [-0.3, -0.25) is 9.89 Å². The Hall–Kier alpha value is -2.59. The van der Waals surface area contributed by atoms with Gasteiger partial charge < -0.3 is 4.90 Å². The van der Waals surface area contributed by atoms with Crippen molar-refractivity contribution in [1.29, 1.82) is 0 Å². The lowest BCUT2D eigenvalue weighted by atomic mass is 9.90. The number of likely N-dealkylation sites (tertiary alicyclic amines) is 1. The van der Waals surface area contributed by atoms with Crippen LogP contribution in [0.1, 0.15) is 36.4 Å². The summed E-state index contributed by atoms with van der Waals surface area (Å²) in [6.45, 7) is 1.59. The molecule has 1 aliphatic heterocycles. The number of nitrogens with one attached hydrogen (secondary N) is 1. The van der Waals surface area contributed by atoms with Gasteiger partial charge in [-0.15, -0.1) is 0 Å². The molecule has 1 aromatic heterocycles. The van der Waals surface area contributed by atoms with Crippen LogP contribution < -0.4 is 0 Å². The van der Waals surface area contributed by atoms with Crippen molar-refractivity contribution < 1.29 is 4.79 Å². The third-order valence-electron chi connectivity index (χ3n) is 5.48. The van der Waals surface area contributed by atoms with Crippen LogP contribution in [-0.4, -0.2) is 34.1 Å². The van der Waals surface area contributed by atoms with Crippen molar-refractivity contribution in [1.82, 2.24) is 15.1 Å². The summed E-state index contributed by atoms with van der Waals surface area (Å²) in [6.07, 6.45) is 5.26. The lowest BCUT2D eigenvalue weighted by molar-refractivity contribution is -0.132. The van der Waals surface area contributed by atoms with E-state index in [1.807, 2.05) is 53.6 Å². The van der Waals surface area contributed by atoms with Crippen molar-refractivity contribution in [3.8, 4) is 11.1 Å². The summed E-state index contributed by atoms with van der Waals surface area (Å²) >= 11 is 5.93. The number of hydrogen-bond donors (Lipinski definition) is 1. The molecule has 1 amide bonds. The molecule has 0 spiro atoms. The molecule has 1 fully saturated rings. The topological polar surface area (TPSA) is 49.0 Å². The number of nitrogens with zero attached hydrogens (tertiary/aromatic N) is 2. The lowest BCUT2D eigenvalue weighted by Crippen LogP contribution is -2.39. The van der Waals surface area contributed by atoms with E-state index in [2.05, 4.69) is 22.3 Å². The predicted octanol–water partition coefficient (Wildman–Crippen LogP) is 5.07. The fraction of sp³-hybridized carbons (Fsp3) is 0.304. The van der Waals surface area contributed by atoms with Gasteiger partial charge in [-0.25, -0.2) is 0 Å². The Morgan fingerprint density at radius 1 is 1.14 bits per heavy atom. The molecule has 4 nitrogen and oxygen atoms in total. The first kappa shape index (κ1) is 18.8. The average Bonchev–Trinajstić information content (AvgIpc) is 3.24. The first-order chi connectivity index (χ1) is 13.7. The smallest absolute Gasteiger partial charge is 0.222 e. The summed E-state index contributed by atoms with van der Waals surface area (Å²) < 4.78 is 0. The van der Waals surface area contributed by atoms with Gasteiger partial charge in [0.15, 0.2) is 0 Å². The number of piperidine rings is 1. The highest BCUT2D eigenvalue weighted by atomic mass is 35.5. The van der Waals surface area contributed by atoms with E-state index in [1.165, 1.54) is 0 Å². The second-order valence-electron chi connectivity index (χ2n) is 7.37. The molecular formula is C23H24ClN3O. The van der Waals surface area contributed by atoms with Crippen LogP contribution in [0, 0.1) is 0 Å². The fourth-order valence-electron chi connectivity index (χ4n) is 3.95. The highest BCUT2D eigenvalue weighted by Crippen LogP contribution is 2.33. The van der Waals surface area contributed by atoms with Gasteiger partial charge in [0.1, 0.15) is 0 Å². The minimum Gasteiger partial charge on any atom is -0.342 e. The zero-order valence-corrected chi connectivity index (χ0v) is 16.5. The van der Waals surface area contributed by atoms with Crippen LogP contribution in [0.2, 0.25) is 5.02 Å². The van der Waals surface area contributed by atoms with Crippen LogP contribution in [0.5, 0.6) is 0 Å². The van der Waals surface area contributed by atoms with E-state index in [0.717, 1.165) is 59.8 Å². The molecule has 1 saturated heterocycles. The molecular weight excluding hydrogens is 370 g/mol. The van der Waals surface area contributed by atoms with E-state index in [0.29, 0.717) is 12.3 Å². The number of amides is 1. The maximum atomic E-state index is 12.8. The molecule has 0 bridgehead atoms. The first-order valence-electron chi connectivity index (χ1n) is 9.81. The molecule has 5 heteroatoms. The van der Waals surface area contributed by atoms with Crippen LogP contribution in [-0.2, 0) is 11.2 Å². The molecule has 0 saturated carbocycles. The molecule has 1 aliphatic rings. The summed E-state index contributed by atoms with van der Waals surface area (Å²) in [5.41, 5.74) is 4.59. The van der Waals surface area contributed by atoms with Gasteiger partial charge in [-0.1, -0.05) is 54.1 Å². The van der Waals surface area contributed by atoms with Crippen LogP contribution >= 0.6 is 11.6 Å². The van der Waals surface area contributed by atoms with E-state index < -0.39 is 0 Å². The molecule has 3 aromatic rings. The summed E-state index contributed by atoms with van der Waals surface area (Å²) in [5.74, 6) is 0.520. The number of aromatic amines is 1. The largest absolute Gasteiger partial charge is 0.342 e. The minimum absolute atomic E-state index is 0.223. The molecule has 0 aliphatic carbocycles.